The lowest BCUT2D eigenvalue weighted by molar-refractivity contribution is -0.116. The van der Waals surface area contributed by atoms with Crippen LogP contribution in [0.15, 0.2) is 24.3 Å². The zero-order valence-corrected chi connectivity index (χ0v) is 12.8. The summed E-state index contributed by atoms with van der Waals surface area (Å²) in [5, 5.41) is 14.8. The van der Waals surface area contributed by atoms with Gasteiger partial charge in [-0.05, 0) is 54.0 Å². The zero-order chi connectivity index (χ0) is 15.4. The molecule has 0 bridgehead atoms. The smallest absolute Gasteiger partial charge is 0.224 e. The van der Waals surface area contributed by atoms with Gasteiger partial charge in [-0.3, -0.25) is 4.79 Å². The average Bonchev–Trinajstić information content (AvgIpc) is 3.26. The number of carbonyl (C=O) groups excluding carboxylic acids is 1. The molecule has 1 amide bonds. The summed E-state index contributed by atoms with van der Waals surface area (Å²) >= 11 is 0. The van der Waals surface area contributed by atoms with Gasteiger partial charge in [0, 0.05) is 17.7 Å². The Morgan fingerprint density at radius 3 is 2.73 bits per heavy atom. The molecule has 0 aliphatic heterocycles. The van der Waals surface area contributed by atoms with Crippen molar-refractivity contribution in [2.45, 2.75) is 51.5 Å². The first kappa shape index (κ1) is 14.7. The van der Waals surface area contributed by atoms with E-state index in [0.717, 1.165) is 49.2 Å². The van der Waals surface area contributed by atoms with E-state index in [2.05, 4.69) is 27.8 Å². The third kappa shape index (κ3) is 3.50. The van der Waals surface area contributed by atoms with E-state index in [0.29, 0.717) is 12.5 Å². The highest BCUT2D eigenvalue weighted by Crippen LogP contribution is 2.36. The lowest BCUT2D eigenvalue weighted by atomic mass is 10.1. The van der Waals surface area contributed by atoms with Gasteiger partial charge in [0.1, 0.15) is 0 Å². The van der Waals surface area contributed by atoms with E-state index in [1.807, 2.05) is 28.9 Å². The molecule has 0 unspecified atom stereocenters. The van der Waals surface area contributed by atoms with Crippen LogP contribution in [-0.4, -0.2) is 26.1 Å². The van der Waals surface area contributed by atoms with E-state index in [1.165, 1.54) is 0 Å². The largest absolute Gasteiger partial charge is 0.326 e. The molecule has 1 aliphatic carbocycles. The number of anilines is 1. The molecule has 0 radical (unpaired) electrons. The first-order valence-electron chi connectivity index (χ1n) is 7.96. The number of aromatic nitrogens is 4. The van der Waals surface area contributed by atoms with Crippen molar-refractivity contribution >= 4 is 11.6 Å². The standard InChI is InChI=1S/C16H21N5O/c1-2-3-4-5-15(22)17-13-8-6-12(7-9-13)16-18-19-20-21(16)14-10-11-14/h6-9,14H,2-5,10-11H2,1H3,(H,17,22). The molecule has 1 fully saturated rings. The summed E-state index contributed by atoms with van der Waals surface area (Å²) in [5.74, 6) is 0.868. The summed E-state index contributed by atoms with van der Waals surface area (Å²) in [6.07, 6.45) is 6.02. The first-order valence-corrected chi connectivity index (χ1v) is 7.96. The van der Waals surface area contributed by atoms with E-state index in [9.17, 15) is 4.79 Å². The van der Waals surface area contributed by atoms with Crippen LogP contribution in [0.5, 0.6) is 0 Å². The fourth-order valence-corrected chi connectivity index (χ4v) is 2.41. The lowest BCUT2D eigenvalue weighted by Gasteiger charge is -2.06. The molecule has 0 spiro atoms. The maximum absolute atomic E-state index is 11.8. The molecule has 22 heavy (non-hydrogen) atoms. The predicted molar refractivity (Wildman–Crippen MR) is 84.3 cm³/mol. The van der Waals surface area contributed by atoms with Crippen LogP contribution in [0.2, 0.25) is 0 Å². The van der Waals surface area contributed by atoms with Crippen molar-refractivity contribution in [2.24, 2.45) is 0 Å². The molecule has 1 aromatic carbocycles. The SMILES string of the molecule is CCCCCC(=O)Nc1ccc(-c2nnnn2C2CC2)cc1. The van der Waals surface area contributed by atoms with Gasteiger partial charge in [0.05, 0.1) is 6.04 Å². The van der Waals surface area contributed by atoms with Crippen molar-refractivity contribution in [2.75, 3.05) is 5.32 Å². The van der Waals surface area contributed by atoms with Crippen LogP contribution in [0.1, 0.15) is 51.5 Å². The molecule has 3 rings (SSSR count). The molecule has 2 aromatic rings. The summed E-state index contributed by atoms with van der Waals surface area (Å²) in [6.45, 7) is 2.13. The number of nitrogens with zero attached hydrogens (tertiary/aromatic N) is 4. The van der Waals surface area contributed by atoms with Gasteiger partial charge in [-0.1, -0.05) is 19.8 Å². The number of hydrogen-bond donors (Lipinski definition) is 1. The molecule has 6 nitrogen and oxygen atoms in total. The molecule has 1 aromatic heterocycles. The summed E-state index contributed by atoms with van der Waals surface area (Å²) in [6, 6.07) is 8.15. The number of tetrazole rings is 1. The maximum atomic E-state index is 11.8. The number of benzene rings is 1. The van der Waals surface area contributed by atoms with Gasteiger partial charge in [-0.25, -0.2) is 4.68 Å². The van der Waals surface area contributed by atoms with Gasteiger partial charge in [0.25, 0.3) is 0 Å². The second-order valence-corrected chi connectivity index (χ2v) is 5.76. The Balaban J connectivity index is 1.62. The highest BCUT2D eigenvalue weighted by atomic mass is 16.1. The highest BCUT2D eigenvalue weighted by molar-refractivity contribution is 5.90. The van der Waals surface area contributed by atoms with Crippen molar-refractivity contribution in [1.29, 1.82) is 0 Å². The number of unbranched alkanes of at least 4 members (excludes halogenated alkanes) is 2. The Bertz CT molecular complexity index is 630. The molecular weight excluding hydrogens is 278 g/mol. The Hall–Kier alpha value is -2.24. The van der Waals surface area contributed by atoms with Crippen molar-refractivity contribution in [3.8, 4) is 11.4 Å². The van der Waals surface area contributed by atoms with Crippen molar-refractivity contribution in [1.82, 2.24) is 20.2 Å². The second-order valence-electron chi connectivity index (χ2n) is 5.76. The average molecular weight is 299 g/mol. The number of nitrogens with one attached hydrogen (secondary N) is 1. The van der Waals surface area contributed by atoms with Gasteiger partial charge < -0.3 is 5.32 Å². The lowest BCUT2D eigenvalue weighted by Crippen LogP contribution is -2.10. The van der Waals surface area contributed by atoms with Crippen LogP contribution >= 0.6 is 0 Å². The highest BCUT2D eigenvalue weighted by Gasteiger charge is 2.28. The molecule has 1 heterocycles. The van der Waals surface area contributed by atoms with Crippen molar-refractivity contribution < 1.29 is 4.79 Å². The minimum Gasteiger partial charge on any atom is -0.326 e. The Morgan fingerprint density at radius 1 is 1.27 bits per heavy atom. The number of hydrogen-bond acceptors (Lipinski definition) is 4. The summed E-state index contributed by atoms with van der Waals surface area (Å²) in [4.78, 5) is 11.8. The van der Waals surface area contributed by atoms with Gasteiger partial charge in [-0.2, -0.15) is 0 Å². The van der Waals surface area contributed by atoms with E-state index in [1.54, 1.807) is 0 Å². The molecular formula is C16H21N5O. The van der Waals surface area contributed by atoms with E-state index >= 15 is 0 Å². The molecule has 1 N–H and O–H groups in total. The zero-order valence-electron chi connectivity index (χ0n) is 12.8. The van der Waals surface area contributed by atoms with E-state index in [4.69, 9.17) is 0 Å². The Kier molecular flexibility index (Phi) is 4.46. The molecule has 116 valence electrons. The van der Waals surface area contributed by atoms with Crippen LogP contribution < -0.4 is 5.32 Å². The number of rotatable bonds is 7. The molecule has 1 saturated carbocycles. The topological polar surface area (TPSA) is 72.7 Å². The molecule has 0 saturated heterocycles. The van der Waals surface area contributed by atoms with Crippen LogP contribution in [0.3, 0.4) is 0 Å². The number of amides is 1. The minimum absolute atomic E-state index is 0.0732. The summed E-state index contributed by atoms with van der Waals surface area (Å²) < 4.78 is 1.89. The van der Waals surface area contributed by atoms with Crippen LogP contribution in [0.25, 0.3) is 11.4 Å². The van der Waals surface area contributed by atoms with Crippen molar-refractivity contribution in [3.63, 3.8) is 0 Å². The summed E-state index contributed by atoms with van der Waals surface area (Å²) in [7, 11) is 0. The van der Waals surface area contributed by atoms with Crippen LogP contribution in [-0.2, 0) is 4.79 Å². The van der Waals surface area contributed by atoms with Gasteiger partial charge in [-0.15, -0.1) is 5.10 Å². The van der Waals surface area contributed by atoms with Crippen LogP contribution in [0, 0.1) is 0 Å². The minimum atomic E-state index is 0.0732. The van der Waals surface area contributed by atoms with Gasteiger partial charge in [0.2, 0.25) is 5.91 Å². The van der Waals surface area contributed by atoms with Crippen LogP contribution in [0.4, 0.5) is 5.69 Å². The Labute approximate surface area is 129 Å². The third-order valence-electron chi connectivity index (χ3n) is 3.82. The second kappa shape index (κ2) is 6.68. The molecule has 1 aliphatic rings. The fourth-order valence-electron chi connectivity index (χ4n) is 2.41. The normalized spacial score (nSPS) is 14.0. The molecule has 6 heteroatoms. The third-order valence-corrected chi connectivity index (χ3v) is 3.82. The maximum Gasteiger partial charge on any atom is 0.224 e. The monoisotopic (exact) mass is 299 g/mol. The summed E-state index contributed by atoms with van der Waals surface area (Å²) in [5.41, 5.74) is 1.79. The Morgan fingerprint density at radius 2 is 2.05 bits per heavy atom. The molecule has 0 atom stereocenters. The van der Waals surface area contributed by atoms with E-state index < -0.39 is 0 Å². The first-order chi connectivity index (χ1) is 10.8. The van der Waals surface area contributed by atoms with E-state index in [-0.39, 0.29) is 5.91 Å². The predicted octanol–water partition coefficient (Wildman–Crippen LogP) is 3.19. The van der Waals surface area contributed by atoms with Crippen molar-refractivity contribution in [3.05, 3.63) is 24.3 Å². The van der Waals surface area contributed by atoms with Gasteiger partial charge in [0.15, 0.2) is 5.82 Å². The fraction of sp³-hybridized carbons (Fsp3) is 0.500. The van der Waals surface area contributed by atoms with Gasteiger partial charge >= 0.3 is 0 Å². The number of carbonyl (C=O) groups is 1. The quantitative estimate of drug-likeness (QED) is 0.797.